The fourth-order valence-corrected chi connectivity index (χ4v) is 4.28. The van der Waals surface area contributed by atoms with Crippen molar-refractivity contribution in [2.45, 2.75) is 24.8 Å². The van der Waals surface area contributed by atoms with Crippen LogP contribution in [0.2, 0.25) is 5.02 Å². The maximum absolute atomic E-state index is 13.3. The Morgan fingerprint density at radius 2 is 1.90 bits per heavy atom. The second-order valence-electron chi connectivity index (χ2n) is 7.15. The maximum Gasteiger partial charge on any atom is 0.417 e. The summed E-state index contributed by atoms with van der Waals surface area (Å²) in [4.78, 5) is 23.2. The van der Waals surface area contributed by atoms with Crippen LogP contribution in [0.25, 0.3) is 11.6 Å². The van der Waals surface area contributed by atoms with Crippen LogP contribution in [0.5, 0.6) is 0 Å². The van der Waals surface area contributed by atoms with Crippen LogP contribution in [0.4, 0.5) is 13.2 Å². The number of hydrogen-bond donors (Lipinski definition) is 0. The van der Waals surface area contributed by atoms with Gasteiger partial charge < -0.3 is 14.2 Å². The van der Waals surface area contributed by atoms with Crippen molar-refractivity contribution >= 4 is 17.5 Å². The van der Waals surface area contributed by atoms with E-state index in [0.717, 1.165) is 6.07 Å². The molecule has 2 aliphatic heterocycles. The third-order valence-electron chi connectivity index (χ3n) is 5.32. The van der Waals surface area contributed by atoms with Crippen LogP contribution in [0.3, 0.4) is 0 Å². The van der Waals surface area contributed by atoms with E-state index in [0.29, 0.717) is 17.5 Å². The van der Waals surface area contributed by atoms with E-state index in [-0.39, 0.29) is 25.3 Å². The predicted molar refractivity (Wildman–Crippen MR) is 101 cm³/mol. The van der Waals surface area contributed by atoms with Gasteiger partial charge in [-0.2, -0.15) is 13.2 Å². The molecule has 31 heavy (non-hydrogen) atoms. The van der Waals surface area contributed by atoms with E-state index in [9.17, 15) is 18.0 Å². The summed E-state index contributed by atoms with van der Waals surface area (Å²) >= 11 is 6.00. The van der Waals surface area contributed by atoms with Gasteiger partial charge in [0.15, 0.2) is 11.6 Å². The topological polar surface area (TPSA) is 86.0 Å². The van der Waals surface area contributed by atoms with Gasteiger partial charge in [0, 0.05) is 18.9 Å². The molecule has 8 nitrogen and oxygen atoms in total. The van der Waals surface area contributed by atoms with Crippen LogP contribution in [0.1, 0.15) is 27.8 Å². The van der Waals surface area contributed by atoms with E-state index in [2.05, 4.69) is 20.2 Å². The van der Waals surface area contributed by atoms with Gasteiger partial charge in [-0.05, 0) is 18.2 Å². The number of fused-ring (bicyclic) bond motifs is 4. The van der Waals surface area contributed by atoms with Gasteiger partial charge in [-0.25, -0.2) is 9.97 Å². The number of alkyl halides is 3. The standard InChI is InChI=1S/C19H14ClF3N6O2/c20-14-11(3-1-4-12(14)19(21,22)23)18(30)29-10-7-28-16(13(29)9-31-8-10)26-27-17(28)15-24-5-2-6-25-15/h1-6,10,13H,7-9H2. The van der Waals surface area contributed by atoms with Gasteiger partial charge in [-0.3, -0.25) is 4.79 Å². The number of carbonyl (C=O) groups excluding carboxylic acids is 1. The summed E-state index contributed by atoms with van der Waals surface area (Å²) in [5.74, 6) is 0.689. The first-order chi connectivity index (χ1) is 14.9. The zero-order valence-corrected chi connectivity index (χ0v) is 16.5. The highest BCUT2D eigenvalue weighted by Gasteiger charge is 2.45. The molecule has 2 aliphatic rings. The quantitative estimate of drug-likeness (QED) is 0.596. The van der Waals surface area contributed by atoms with Crippen LogP contribution >= 0.6 is 11.6 Å². The number of benzene rings is 1. The van der Waals surface area contributed by atoms with Crippen LogP contribution in [-0.2, 0) is 17.5 Å². The van der Waals surface area contributed by atoms with Crippen molar-refractivity contribution in [2.24, 2.45) is 0 Å². The SMILES string of the molecule is O=C(c1cccc(C(F)(F)F)c1Cl)N1C2COCC1c1nnc(-c3ncccn3)n1C2. The summed E-state index contributed by atoms with van der Waals surface area (Å²) in [6.07, 6.45) is -1.50. The van der Waals surface area contributed by atoms with Crippen molar-refractivity contribution in [2.75, 3.05) is 13.2 Å². The summed E-state index contributed by atoms with van der Waals surface area (Å²) in [5, 5.41) is 7.76. The third kappa shape index (κ3) is 3.24. The Balaban J connectivity index is 1.55. The Labute approximate surface area is 178 Å². The lowest BCUT2D eigenvalue weighted by Gasteiger charge is -2.45. The summed E-state index contributed by atoms with van der Waals surface area (Å²) in [7, 11) is 0. The van der Waals surface area contributed by atoms with Crippen molar-refractivity contribution < 1.29 is 22.7 Å². The number of hydrogen-bond acceptors (Lipinski definition) is 6. The van der Waals surface area contributed by atoms with E-state index in [1.165, 1.54) is 17.0 Å². The Morgan fingerprint density at radius 3 is 2.65 bits per heavy atom. The zero-order valence-electron chi connectivity index (χ0n) is 15.8. The van der Waals surface area contributed by atoms with Gasteiger partial charge >= 0.3 is 6.18 Å². The Hall–Kier alpha value is -3.05. The van der Waals surface area contributed by atoms with Crippen LogP contribution in [-0.4, -0.2) is 54.8 Å². The van der Waals surface area contributed by atoms with Gasteiger partial charge in [-0.1, -0.05) is 17.7 Å². The van der Waals surface area contributed by atoms with E-state index in [1.807, 2.05) is 4.57 Å². The first-order valence-electron chi connectivity index (χ1n) is 9.33. The van der Waals surface area contributed by atoms with Crippen molar-refractivity contribution in [1.82, 2.24) is 29.6 Å². The molecule has 0 spiro atoms. The molecular formula is C19H14ClF3N6O2. The van der Waals surface area contributed by atoms with E-state index in [4.69, 9.17) is 16.3 Å². The van der Waals surface area contributed by atoms with Gasteiger partial charge in [-0.15, -0.1) is 10.2 Å². The minimum absolute atomic E-state index is 0.132. The molecule has 1 saturated heterocycles. The monoisotopic (exact) mass is 450 g/mol. The molecule has 0 N–H and O–H groups in total. The van der Waals surface area contributed by atoms with Crippen molar-refractivity contribution in [3.8, 4) is 11.6 Å². The van der Waals surface area contributed by atoms with Crippen LogP contribution in [0, 0.1) is 0 Å². The van der Waals surface area contributed by atoms with Gasteiger partial charge in [0.25, 0.3) is 5.91 Å². The minimum atomic E-state index is -4.67. The first-order valence-corrected chi connectivity index (χ1v) is 9.70. The van der Waals surface area contributed by atoms with Gasteiger partial charge in [0.1, 0.15) is 6.04 Å². The summed E-state index contributed by atoms with van der Waals surface area (Å²) < 4.78 is 47.2. The van der Waals surface area contributed by atoms with E-state index in [1.54, 1.807) is 18.5 Å². The van der Waals surface area contributed by atoms with E-state index >= 15 is 0 Å². The number of nitrogens with zero attached hydrogens (tertiary/aromatic N) is 6. The Kier molecular flexibility index (Phi) is 4.67. The molecule has 2 unspecified atom stereocenters. The summed E-state index contributed by atoms with van der Waals surface area (Å²) in [6, 6.07) is 3.92. The number of morpholine rings is 1. The third-order valence-corrected chi connectivity index (χ3v) is 5.73. The molecule has 0 saturated carbocycles. The van der Waals surface area contributed by atoms with Crippen molar-refractivity contribution in [3.05, 3.63) is 58.6 Å². The number of ether oxygens (including phenoxy) is 1. The molecule has 12 heteroatoms. The van der Waals surface area contributed by atoms with Crippen molar-refractivity contribution in [3.63, 3.8) is 0 Å². The Bertz CT molecular complexity index is 1150. The fourth-order valence-electron chi connectivity index (χ4n) is 3.97. The van der Waals surface area contributed by atoms with Crippen molar-refractivity contribution in [1.29, 1.82) is 0 Å². The molecule has 5 rings (SSSR count). The highest BCUT2D eigenvalue weighted by Crippen LogP contribution is 2.39. The average Bonchev–Trinajstić information content (AvgIpc) is 3.16. The highest BCUT2D eigenvalue weighted by atomic mass is 35.5. The number of amides is 1. The largest absolute Gasteiger partial charge is 0.417 e. The first kappa shape index (κ1) is 19.9. The molecule has 4 heterocycles. The molecule has 0 aliphatic carbocycles. The Morgan fingerprint density at radius 1 is 1.13 bits per heavy atom. The normalized spacial score (nSPS) is 20.5. The fraction of sp³-hybridized carbons (Fsp3) is 0.316. The zero-order chi connectivity index (χ0) is 21.8. The molecular weight excluding hydrogens is 437 g/mol. The lowest BCUT2D eigenvalue weighted by atomic mass is 10.0. The van der Waals surface area contributed by atoms with Crippen LogP contribution in [0.15, 0.2) is 36.7 Å². The van der Waals surface area contributed by atoms with Gasteiger partial charge in [0.05, 0.1) is 35.4 Å². The molecule has 3 aromatic rings. The van der Waals surface area contributed by atoms with Gasteiger partial charge in [0.2, 0.25) is 5.82 Å². The van der Waals surface area contributed by atoms with Crippen LogP contribution < -0.4 is 0 Å². The minimum Gasteiger partial charge on any atom is -0.377 e. The van der Waals surface area contributed by atoms with E-state index < -0.39 is 34.8 Å². The second kappa shape index (κ2) is 7.27. The molecule has 0 radical (unpaired) electrons. The lowest BCUT2D eigenvalue weighted by Crippen LogP contribution is -2.56. The molecule has 160 valence electrons. The molecule has 2 atom stereocenters. The second-order valence-corrected chi connectivity index (χ2v) is 7.53. The molecule has 1 amide bonds. The molecule has 1 aromatic carbocycles. The smallest absolute Gasteiger partial charge is 0.377 e. The lowest BCUT2D eigenvalue weighted by molar-refractivity contribution is -0.137. The maximum atomic E-state index is 13.3. The number of aromatic nitrogens is 5. The average molecular weight is 451 g/mol. The highest BCUT2D eigenvalue weighted by molar-refractivity contribution is 6.34. The molecule has 2 bridgehead atoms. The summed E-state index contributed by atoms with van der Waals surface area (Å²) in [6.45, 7) is 0.632. The number of carbonyl (C=O) groups is 1. The summed E-state index contributed by atoms with van der Waals surface area (Å²) in [5.41, 5.74) is -1.27. The molecule has 2 aromatic heterocycles. The predicted octanol–water partition coefficient (Wildman–Crippen LogP) is 3.00. The molecule has 1 fully saturated rings. The number of halogens is 4. The number of rotatable bonds is 2.